The zero-order valence-corrected chi connectivity index (χ0v) is 9.87. The molecule has 1 aromatic carbocycles. The molecule has 0 radical (unpaired) electrons. The summed E-state index contributed by atoms with van der Waals surface area (Å²) < 4.78 is 13.4. The van der Waals surface area contributed by atoms with Gasteiger partial charge in [-0.05, 0) is 43.4 Å². The molecule has 0 saturated heterocycles. The molecule has 1 aromatic rings. The lowest BCUT2D eigenvalue weighted by atomic mass is 10.0. The Kier molecular flexibility index (Phi) is 3.57. The molecule has 0 fully saturated rings. The maximum atomic E-state index is 13.4. The van der Waals surface area contributed by atoms with Crippen LogP contribution in [0.3, 0.4) is 0 Å². The Morgan fingerprint density at radius 2 is 2.35 bits per heavy atom. The van der Waals surface area contributed by atoms with Crippen LogP contribution in [0.25, 0.3) is 0 Å². The first-order valence-electron chi connectivity index (χ1n) is 5.88. The quantitative estimate of drug-likeness (QED) is 0.796. The van der Waals surface area contributed by atoms with Crippen LogP contribution in [0.4, 0.5) is 10.1 Å². The number of aryl methyl sites for hydroxylation is 1. The number of hydrogen-bond donors (Lipinski definition) is 1. The second kappa shape index (κ2) is 5.13. The van der Waals surface area contributed by atoms with Gasteiger partial charge in [0.25, 0.3) is 0 Å². The number of nitrogens with one attached hydrogen (secondary N) is 1. The Balaban J connectivity index is 1.97. The van der Waals surface area contributed by atoms with E-state index < -0.39 is 0 Å². The van der Waals surface area contributed by atoms with Crippen LogP contribution in [0.1, 0.15) is 24.8 Å². The van der Waals surface area contributed by atoms with Crippen molar-refractivity contribution in [1.82, 2.24) is 0 Å². The molecule has 0 bridgehead atoms. The Labute approximate surface area is 101 Å². The summed E-state index contributed by atoms with van der Waals surface area (Å²) in [4.78, 5) is 11.7. The number of hydrogen-bond acceptors (Lipinski definition) is 1. The van der Waals surface area contributed by atoms with E-state index in [1.165, 1.54) is 6.07 Å². The van der Waals surface area contributed by atoms with Crippen LogP contribution >= 0.6 is 0 Å². The summed E-state index contributed by atoms with van der Waals surface area (Å²) in [5, 5.41) is 2.63. The zero-order chi connectivity index (χ0) is 12.3. The van der Waals surface area contributed by atoms with Crippen molar-refractivity contribution in [3.8, 4) is 0 Å². The molecule has 0 saturated carbocycles. The predicted molar refractivity (Wildman–Crippen MR) is 66.2 cm³/mol. The first kappa shape index (κ1) is 11.8. The summed E-state index contributed by atoms with van der Waals surface area (Å²) in [6.45, 7) is 1.87. The third kappa shape index (κ3) is 3.16. The van der Waals surface area contributed by atoms with Crippen LogP contribution in [-0.2, 0) is 4.79 Å². The van der Waals surface area contributed by atoms with Crippen molar-refractivity contribution in [2.24, 2.45) is 5.92 Å². The van der Waals surface area contributed by atoms with Crippen molar-refractivity contribution in [2.45, 2.75) is 26.2 Å². The van der Waals surface area contributed by atoms with E-state index in [9.17, 15) is 9.18 Å². The number of halogens is 1. The van der Waals surface area contributed by atoms with Crippen LogP contribution < -0.4 is 5.32 Å². The fourth-order valence-electron chi connectivity index (χ4n) is 2.04. The van der Waals surface area contributed by atoms with Gasteiger partial charge in [0.2, 0.25) is 5.91 Å². The van der Waals surface area contributed by atoms with E-state index in [4.69, 9.17) is 0 Å². The number of allylic oxidation sites excluding steroid dienone is 2. The number of anilines is 1. The number of carbonyl (C=O) groups excluding carboxylic acids is 1. The van der Waals surface area contributed by atoms with Crippen LogP contribution in [0.2, 0.25) is 0 Å². The van der Waals surface area contributed by atoms with Gasteiger partial charge in [-0.15, -0.1) is 0 Å². The Bertz CT molecular complexity index is 454. The molecule has 1 aliphatic carbocycles. The molecule has 1 unspecified atom stereocenters. The number of carbonyl (C=O) groups is 1. The maximum absolute atomic E-state index is 13.4. The number of benzene rings is 1. The largest absolute Gasteiger partial charge is 0.324 e. The summed E-state index contributed by atoms with van der Waals surface area (Å²) in [6.07, 6.45) is 6.64. The van der Waals surface area contributed by atoms with Gasteiger partial charge in [-0.2, -0.15) is 0 Å². The van der Waals surface area contributed by atoms with E-state index in [0.717, 1.165) is 18.4 Å². The van der Waals surface area contributed by atoms with Crippen molar-refractivity contribution in [3.63, 3.8) is 0 Å². The molecule has 1 atom stereocenters. The highest BCUT2D eigenvalue weighted by Crippen LogP contribution is 2.22. The van der Waals surface area contributed by atoms with E-state index in [1.807, 2.05) is 6.92 Å². The first-order chi connectivity index (χ1) is 8.15. The van der Waals surface area contributed by atoms with Crippen LogP contribution in [0, 0.1) is 18.7 Å². The van der Waals surface area contributed by atoms with Gasteiger partial charge in [0.1, 0.15) is 5.82 Å². The molecular weight excluding hydrogens is 217 g/mol. The van der Waals surface area contributed by atoms with E-state index in [-0.39, 0.29) is 17.4 Å². The molecule has 0 spiro atoms. The molecule has 3 heteroatoms. The van der Waals surface area contributed by atoms with Crippen molar-refractivity contribution in [2.75, 3.05) is 5.32 Å². The minimum Gasteiger partial charge on any atom is -0.324 e. The monoisotopic (exact) mass is 233 g/mol. The summed E-state index contributed by atoms with van der Waals surface area (Å²) >= 11 is 0. The van der Waals surface area contributed by atoms with E-state index in [2.05, 4.69) is 17.5 Å². The molecule has 90 valence electrons. The fourth-order valence-corrected chi connectivity index (χ4v) is 2.04. The maximum Gasteiger partial charge on any atom is 0.225 e. The lowest BCUT2D eigenvalue weighted by molar-refractivity contribution is -0.116. The molecule has 0 aromatic heterocycles. The average molecular weight is 233 g/mol. The highest BCUT2D eigenvalue weighted by Gasteiger charge is 2.15. The van der Waals surface area contributed by atoms with Crippen molar-refractivity contribution in [3.05, 3.63) is 41.7 Å². The van der Waals surface area contributed by atoms with Crippen LogP contribution in [-0.4, -0.2) is 5.91 Å². The smallest absolute Gasteiger partial charge is 0.225 e. The molecular formula is C14H16FNO. The minimum atomic E-state index is -0.383. The number of amides is 1. The molecule has 0 aliphatic heterocycles. The van der Waals surface area contributed by atoms with Gasteiger partial charge in [-0.1, -0.05) is 18.2 Å². The molecule has 1 N–H and O–H groups in total. The topological polar surface area (TPSA) is 29.1 Å². The standard InChI is InChI=1S/C14H16FNO/c1-10-6-7-12(15)13(8-10)16-14(17)9-11-4-2-3-5-11/h2,4,6-8,11H,3,5,9H2,1H3,(H,16,17). The normalized spacial score (nSPS) is 18.4. The van der Waals surface area contributed by atoms with Crippen LogP contribution in [0.5, 0.6) is 0 Å². The lowest BCUT2D eigenvalue weighted by Crippen LogP contribution is -2.15. The number of rotatable bonds is 3. The van der Waals surface area contributed by atoms with Crippen molar-refractivity contribution < 1.29 is 9.18 Å². The summed E-state index contributed by atoms with van der Waals surface area (Å²) in [7, 11) is 0. The third-order valence-corrected chi connectivity index (χ3v) is 2.96. The minimum absolute atomic E-state index is 0.119. The van der Waals surface area contributed by atoms with Gasteiger partial charge in [0.05, 0.1) is 5.69 Å². The van der Waals surface area contributed by atoms with Gasteiger partial charge in [0, 0.05) is 6.42 Å². The highest BCUT2D eigenvalue weighted by molar-refractivity contribution is 5.91. The molecule has 17 heavy (non-hydrogen) atoms. The molecule has 1 amide bonds. The van der Waals surface area contributed by atoms with Gasteiger partial charge >= 0.3 is 0 Å². The zero-order valence-electron chi connectivity index (χ0n) is 9.87. The Morgan fingerprint density at radius 1 is 1.53 bits per heavy atom. The SMILES string of the molecule is Cc1ccc(F)c(NC(=O)CC2C=CCC2)c1. The van der Waals surface area contributed by atoms with E-state index in [1.54, 1.807) is 12.1 Å². The lowest BCUT2D eigenvalue weighted by Gasteiger charge is -2.10. The molecule has 2 rings (SSSR count). The average Bonchev–Trinajstić information content (AvgIpc) is 2.76. The summed E-state index contributed by atoms with van der Waals surface area (Å²) in [6, 6.07) is 4.71. The Morgan fingerprint density at radius 3 is 3.06 bits per heavy atom. The van der Waals surface area contributed by atoms with Gasteiger partial charge in [0.15, 0.2) is 0 Å². The fraction of sp³-hybridized carbons (Fsp3) is 0.357. The van der Waals surface area contributed by atoms with Crippen molar-refractivity contribution >= 4 is 11.6 Å². The predicted octanol–water partition coefficient (Wildman–Crippen LogP) is 3.43. The summed E-state index contributed by atoms with van der Waals surface area (Å²) in [5.74, 6) is -0.195. The van der Waals surface area contributed by atoms with Gasteiger partial charge in [-0.25, -0.2) is 4.39 Å². The van der Waals surface area contributed by atoms with E-state index >= 15 is 0 Å². The van der Waals surface area contributed by atoms with Gasteiger partial charge < -0.3 is 5.32 Å². The van der Waals surface area contributed by atoms with Crippen LogP contribution in [0.15, 0.2) is 30.4 Å². The second-order valence-corrected chi connectivity index (χ2v) is 4.50. The molecule has 2 nitrogen and oxygen atoms in total. The second-order valence-electron chi connectivity index (χ2n) is 4.50. The molecule has 0 heterocycles. The van der Waals surface area contributed by atoms with Gasteiger partial charge in [-0.3, -0.25) is 4.79 Å². The Hall–Kier alpha value is -1.64. The summed E-state index contributed by atoms with van der Waals surface area (Å²) in [5.41, 5.74) is 1.21. The first-order valence-corrected chi connectivity index (χ1v) is 5.88. The van der Waals surface area contributed by atoms with Crippen molar-refractivity contribution in [1.29, 1.82) is 0 Å². The molecule has 1 aliphatic rings. The van der Waals surface area contributed by atoms with E-state index in [0.29, 0.717) is 12.3 Å². The third-order valence-electron chi connectivity index (χ3n) is 2.96. The highest BCUT2D eigenvalue weighted by atomic mass is 19.1.